The van der Waals surface area contributed by atoms with Crippen molar-refractivity contribution in [2.24, 2.45) is 0 Å². The van der Waals surface area contributed by atoms with Crippen LogP contribution in [-0.2, 0) is 0 Å². The Hall–Kier alpha value is -6.39. The highest BCUT2D eigenvalue weighted by molar-refractivity contribution is 6.18. The van der Waals surface area contributed by atoms with Crippen molar-refractivity contribution in [3.05, 3.63) is 158 Å². The number of nitrogens with zero attached hydrogens (tertiary/aromatic N) is 2. The Kier molecular flexibility index (Phi) is 5.54. The maximum Gasteiger partial charge on any atom is 0.227 e. The highest BCUT2D eigenvalue weighted by Crippen LogP contribution is 2.40. The van der Waals surface area contributed by atoms with Gasteiger partial charge in [0.25, 0.3) is 0 Å². The van der Waals surface area contributed by atoms with Crippen LogP contribution in [0.25, 0.3) is 94.2 Å². The lowest BCUT2D eigenvalue weighted by Gasteiger charge is -2.09. The fraction of sp³-hybridized carbons (Fsp3) is 0. The van der Waals surface area contributed by atoms with E-state index in [1.807, 2.05) is 18.2 Å². The second-order valence-electron chi connectivity index (χ2n) is 11.9. The van der Waals surface area contributed by atoms with E-state index in [0.717, 1.165) is 61.0 Å². The van der Waals surface area contributed by atoms with Crippen molar-refractivity contribution >= 4 is 54.8 Å². The summed E-state index contributed by atoms with van der Waals surface area (Å²) in [7, 11) is 0. The molecule has 0 aliphatic heterocycles. The molecule has 0 atom stereocenters. The Bertz CT molecular complexity index is 2770. The van der Waals surface area contributed by atoms with Gasteiger partial charge in [0.15, 0.2) is 5.58 Å². The van der Waals surface area contributed by atoms with E-state index in [9.17, 15) is 0 Å². The zero-order valence-electron chi connectivity index (χ0n) is 25.2. The fourth-order valence-electron chi connectivity index (χ4n) is 7.09. The van der Waals surface area contributed by atoms with Crippen LogP contribution in [0.15, 0.2) is 167 Å². The van der Waals surface area contributed by atoms with E-state index in [-0.39, 0.29) is 0 Å². The lowest BCUT2D eigenvalue weighted by molar-refractivity contribution is 0.619. The van der Waals surface area contributed by atoms with Crippen molar-refractivity contribution in [3.8, 4) is 39.4 Å². The molecule has 7 aromatic carbocycles. The molecule has 0 saturated carbocycles. The highest BCUT2D eigenvalue weighted by atomic mass is 16.4. The van der Waals surface area contributed by atoms with Gasteiger partial charge in [-0.1, -0.05) is 97.1 Å². The maximum absolute atomic E-state index is 6.34. The van der Waals surface area contributed by atoms with Crippen molar-refractivity contribution in [3.63, 3.8) is 0 Å². The molecular formula is C43H26N2O2. The summed E-state index contributed by atoms with van der Waals surface area (Å²) < 4.78 is 15.0. The van der Waals surface area contributed by atoms with Gasteiger partial charge in [0.2, 0.25) is 5.89 Å². The summed E-state index contributed by atoms with van der Waals surface area (Å²) in [5, 5.41) is 4.48. The van der Waals surface area contributed by atoms with Crippen LogP contribution in [0.1, 0.15) is 0 Å². The SMILES string of the molecule is c1ccc(-c2ccc3c(c2)oc2ccc4oc(-c5ccc(-c6cccc7c6c6ccccc6n7-c6ccccc6)cc5)nc4c23)cc1. The van der Waals surface area contributed by atoms with Crippen LogP contribution >= 0.6 is 0 Å². The molecule has 0 fully saturated rings. The Morgan fingerprint density at radius 2 is 1.13 bits per heavy atom. The molecule has 4 nitrogen and oxygen atoms in total. The third kappa shape index (κ3) is 3.98. The number of benzene rings is 7. The van der Waals surface area contributed by atoms with Gasteiger partial charge in [-0.3, -0.25) is 0 Å². The summed E-state index contributed by atoms with van der Waals surface area (Å²) in [5.74, 6) is 0.591. The topological polar surface area (TPSA) is 44.1 Å². The predicted molar refractivity (Wildman–Crippen MR) is 192 cm³/mol. The van der Waals surface area contributed by atoms with Gasteiger partial charge < -0.3 is 13.4 Å². The first-order chi connectivity index (χ1) is 23.3. The summed E-state index contributed by atoms with van der Waals surface area (Å²) in [5.41, 5.74) is 12.3. The van der Waals surface area contributed by atoms with Crippen LogP contribution in [0.2, 0.25) is 0 Å². The fourth-order valence-corrected chi connectivity index (χ4v) is 7.09. The van der Waals surface area contributed by atoms with Gasteiger partial charge in [-0.2, -0.15) is 0 Å². The number of para-hydroxylation sites is 2. The smallest absolute Gasteiger partial charge is 0.227 e. The zero-order chi connectivity index (χ0) is 30.9. The second kappa shape index (κ2) is 10.1. The molecule has 220 valence electrons. The molecule has 0 radical (unpaired) electrons. The van der Waals surface area contributed by atoms with Crippen LogP contribution in [0.5, 0.6) is 0 Å². The van der Waals surface area contributed by atoms with Gasteiger partial charge in [-0.15, -0.1) is 0 Å². The van der Waals surface area contributed by atoms with Crippen molar-refractivity contribution in [1.29, 1.82) is 0 Å². The first-order valence-electron chi connectivity index (χ1n) is 15.8. The molecule has 3 heterocycles. The van der Waals surface area contributed by atoms with Crippen molar-refractivity contribution < 1.29 is 8.83 Å². The summed E-state index contributed by atoms with van der Waals surface area (Å²) >= 11 is 0. The first-order valence-corrected chi connectivity index (χ1v) is 15.8. The average Bonchev–Trinajstić information content (AvgIpc) is 3.84. The molecule has 0 aliphatic rings. The molecule has 0 spiro atoms. The van der Waals surface area contributed by atoms with Gasteiger partial charge in [0, 0.05) is 27.4 Å². The standard InChI is InChI=1S/C43H26N2O2/c1-3-10-27(11-4-1)30-22-23-34-39(26-30)46-37-24-25-38-42(41(34)37)44-43(47-38)29-20-18-28(19-21-29)32-15-9-17-36-40(32)33-14-7-8-16-35(33)45(36)31-12-5-2-6-13-31/h1-26H. The molecule has 0 aliphatic carbocycles. The molecule has 10 aromatic rings. The molecule has 3 aromatic heterocycles. The van der Waals surface area contributed by atoms with Crippen molar-refractivity contribution in [1.82, 2.24) is 9.55 Å². The van der Waals surface area contributed by atoms with Crippen molar-refractivity contribution in [2.75, 3.05) is 0 Å². The van der Waals surface area contributed by atoms with E-state index < -0.39 is 0 Å². The van der Waals surface area contributed by atoms with E-state index in [2.05, 4.69) is 144 Å². The average molecular weight is 603 g/mol. The molecule has 10 rings (SSSR count). The van der Waals surface area contributed by atoms with Gasteiger partial charge >= 0.3 is 0 Å². The zero-order valence-corrected chi connectivity index (χ0v) is 25.2. The van der Waals surface area contributed by atoms with Crippen LogP contribution in [-0.4, -0.2) is 9.55 Å². The Balaban J connectivity index is 1.07. The monoisotopic (exact) mass is 602 g/mol. The Morgan fingerprint density at radius 3 is 1.98 bits per heavy atom. The number of hydrogen-bond donors (Lipinski definition) is 0. The van der Waals surface area contributed by atoms with Gasteiger partial charge in [-0.05, 0) is 82.9 Å². The summed E-state index contributed by atoms with van der Waals surface area (Å²) in [4.78, 5) is 5.01. The van der Waals surface area contributed by atoms with Gasteiger partial charge in [0.1, 0.15) is 16.7 Å². The van der Waals surface area contributed by atoms with E-state index in [4.69, 9.17) is 13.8 Å². The minimum atomic E-state index is 0.591. The normalized spacial score (nSPS) is 11.8. The summed E-state index contributed by atoms with van der Waals surface area (Å²) in [6, 6.07) is 55.0. The van der Waals surface area contributed by atoms with Gasteiger partial charge in [-0.25, -0.2) is 4.98 Å². The first kappa shape index (κ1) is 25.9. The highest BCUT2D eigenvalue weighted by Gasteiger charge is 2.19. The molecule has 4 heteroatoms. The Morgan fingerprint density at radius 1 is 0.426 bits per heavy atom. The number of furan rings is 1. The van der Waals surface area contributed by atoms with E-state index in [0.29, 0.717) is 5.89 Å². The van der Waals surface area contributed by atoms with E-state index >= 15 is 0 Å². The van der Waals surface area contributed by atoms with Crippen LogP contribution in [0.3, 0.4) is 0 Å². The number of rotatable bonds is 4. The number of oxazole rings is 1. The van der Waals surface area contributed by atoms with E-state index in [1.54, 1.807) is 0 Å². The minimum Gasteiger partial charge on any atom is -0.456 e. The number of aromatic nitrogens is 2. The summed E-state index contributed by atoms with van der Waals surface area (Å²) in [6.45, 7) is 0. The number of hydrogen-bond acceptors (Lipinski definition) is 3. The molecule has 47 heavy (non-hydrogen) atoms. The predicted octanol–water partition coefficient (Wildman–Crippen LogP) is 11.8. The molecule has 0 unspecified atom stereocenters. The van der Waals surface area contributed by atoms with Crippen LogP contribution < -0.4 is 0 Å². The Labute approximate surface area is 269 Å². The molecular weight excluding hydrogens is 576 g/mol. The van der Waals surface area contributed by atoms with Crippen LogP contribution in [0.4, 0.5) is 0 Å². The third-order valence-electron chi connectivity index (χ3n) is 9.26. The lowest BCUT2D eigenvalue weighted by atomic mass is 9.98. The van der Waals surface area contributed by atoms with E-state index in [1.165, 1.54) is 27.4 Å². The quantitative estimate of drug-likeness (QED) is 0.201. The molecule has 0 bridgehead atoms. The minimum absolute atomic E-state index is 0.591. The maximum atomic E-state index is 6.34. The van der Waals surface area contributed by atoms with Crippen molar-refractivity contribution in [2.45, 2.75) is 0 Å². The van der Waals surface area contributed by atoms with Crippen LogP contribution in [0, 0.1) is 0 Å². The second-order valence-corrected chi connectivity index (χ2v) is 11.9. The molecule has 0 amide bonds. The van der Waals surface area contributed by atoms with Gasteiger partial charge in [0.05, 0.1) is 16.4 Å². The summed E-state index contributed by atoms with van der Waals surface area (Å²) in [6.07, 6.45) is 0. The lowest BCUT2D eigenvalue weighted by Crippen LogP contribution is -1.92. The molecule has 0 saturated heterocycles. The number of fused-ring (bicyclic) bond motifs is 8. The third-order valence-corrected chi connectivity index (χ3v) is 9.26. The largest absolute Gasteiger partial charge is 0.456 e. The molecule has 0 N–H and O–H groups in total.